The summed E-state index contributed by atoms with van der Waals surface area (Å²) in [6.07, 6.45) is -3.57. The number of nitrogens with zero attached hydrogens (tertiary/aromatic N) is 3. The van der Waals surface area contributed by atoms with Gasteiger partial charge in [0.1, 0.15) is 0 Å². The van der Waals surface area contributed by atoms with Crippen LogP contribution in [0.15, 0.2) is 12.4 Å². The summed E-state index contributed by atoms with van der Waals surface area (Å²) in [5.74, 6) is 0.102. The van der Waals surface area contributed by atoms with Gasteiger partial charge in [0, 0.05) is 44.0 Å². The molecule has 1 aliphatic rings. The summed E-state index contributed by atoms with van der Waals surface area (Å²) < 4.78 is 41.0. The van der Waals surface area contributed by atoms with Crippen molar-refractivity contribution in [3.8, 4) is 0 Å². The second-order valence-electron chi connectivity index (χ2n) is 4.89. The minimum absolute atomic E-state index is 0.401. The molecule has 0 saturated carbocycles. The normalized spacial score (nSPS) is 19.4. The van der Waals surface area contributed by atoms with Gasteiger partial charge in [-0.25, -0.2) is 4.98 Å². The van der Waals surface area contributed by atoms with Gasteiger partial charge in [-0.3, -0.25) is 4.79 Å². The van der Waals surface area contributed by atoms with Crippen LogP contribution in [0.25, 0.3) is 0 Å². The molecule has 2 heterocycles. The van der Waals surface area contributed by atoms with E-state index in [-0.39, 0.29) is 0 Å². The molecular weight excluding hydrogens is 307 g/mol. The van der Waals surface area contributed by atoms with Gasteiger partial charge in [-0.2, -0.15) is 24.9 Å². The lowest BCUT2D eigenvalue weighted by atomic mass is 9.96. The summed E-state index contributed by atoms with van der Waals surface area (Å²) in [6, 6.07) is 0. The quantitative estimate of drug-likeness (QED) is 0.906. The Hall–Kier alpha value is -1.22. The molecule has 118 valence electrons. The van der Waals surface area contributed by atoms with Crippen LogP contribution in [0.2, 0.25) is 0 Å². The Labute approximate surface area is 124 Å². The van der Waals surface area contributed by atoms with Crippen LogP contribution in [0.5, 0.6) is 0 Å². The van der Waals surface area contributed by atoms with Crippen molar-refractivity contribution in [2.75, 3.05) is 24.6 Å². The number of aryl methyl sites for hydroxylation is 1. The van der Waals surface area contributed by atoms with E-state index in [1.54, 1.807) is 11.8 Å². The number of halogens is 3. The minimum Gasteiger partial charge on any atom is -0.374 e. The maximum atomic E-state index is 13.3. The lowest BCUT2D eigenvalue weighted by Gasteiger charge is -2.33. The molecule has 5 nitrogen and oxygen atoms in total. The standard InChI is InChI=1S/C12H16F3N3O2S/c1-17-3-2-16-10(17)11(20,12(13,14)15)8-9(19)18-4-6-21-7-5-18/h2-3,20H,4-8H2,1H3. The maximum Gasteiger partial charge on any atom is 0.425 e. The maximum absolute atomic E-state index is 13.3. The van der Waals surface area contributed by atoms with Gasteiger partial charge >= 0.3 is 6.18 Å². The number of carbonyl (C=O) groups excluding carboxylic acids is 1. The first-order valence-electron chi connectivity index (χ1n) is 6.38. The van der Waals surface area contributed by atoms with Crippen LogP contribution in [0.1, 0.15) is 12.2 Å². The predicted molar refractivity (Wildman–Crippen MR) is 71.7 cm³/mol. The number of aromatic nitrogens is 2. The molecule has 0 aromatic carbocycles. The van der Waals surface area contributed by atoms with Crippen LogP contribution in [0.4, 0.5) is 13.2 Å². The molecule has 1 fully saturated rings. The van der Waals surface area contributed by atoms with E-state index in [2.05, 4.69) is 4.98 Å². The van der Waals surface area contributed by atoms with Crippen LogP contribution >= 0.6 is 11.8 Å². The molecule has 1 N–H and O–H groups in total. The van der Waals surface area contributed by atoms with E-state index >= 15 is 0 Å². The van der Waals surface area contributed by atoms with Gasteiger partial charge in [0.05, 0.1) is 6.42 Å². The Kier molecular flexibility index (Phi) is 4.52. The summed E-state index contributed by atoms with van der Waals surface area (Å²) in [5, 5.41) is 10.1. The van der Waals surface area contributed by atoms with Gasteiger partial charge in [-0.05, 0) is 0 Å². The Morgan fingerprint density at radius 2 is 2.05 bits per heavy atom. The highest BCUT2D eigenvalue weighted by molar-refractivity contribution is 7.99. The topological polar surface area (TPSA) is 58.4 Å². The summed E-state index contributed by atoms with van der Waals surface area (Å²) in [6.45, 7) is 0.802. The van der Waals surface area contributed by atoms with Gasteiger partial charge in [0.2, 0.25) is 11.5 Å². The predicted octanol–water partition coefficient (Wildman–Crippen LogP) is 1.14. The second kappa shape index (κ2) is 5.88. The van der Waals surface area contributed by atoms with E-state index in [1.165, 1.54) is 18.1 Å². The number of aliphatic hydroxyl groups is 1. The molecule has 9 heteroatoms. The van der Waals surface area contributed by atoms with E-state index in [1.807, 2.05) is 0 Å². The molecule has 1 aromatic heterocycles. The Morgan fingerprint density at radius 3 is 2.52 bits per heavy atom. The van der Waals surface area contributed by atoms with Gasteiger partial charge in [-0.1, -0.05) is 0 Å². The Morgan fingerprint density at radius 1 is 1.43 bits per heavy atom. The first-order valence-corrected chi connectivity index (χ1v) is 7.53. The Balaban J connectivity index is 2.25. The molecule has 0 spiro atoms. The van der Waals surface area contributed by atoms with E-state index in [0.717, 1.165) is 10.8 Å². The minimum atomic E-state index is -4.98. The van der Waals surface area contributed by atoms with Crippen molar-refractivity contribution >= 4 is 17.7 Å². The molecule has 1 amide bonds. The molecule has 1 saturated heterocycles. The molecule has 21 heavy (non-hydrogen) atoms. The number of rotatable bonds is 3. The largest absolute Gasteiger partial charge is 0.425 e. The zero-order valence-electron chi connectivity index (χ0n) is 11.4. The molecule has 1 aromatic rings. The average Bonchev–Trinajstić information content (AvgIpc) is 2.85. The van der Waals surface area contributed by atoms with Crippen molar-refractivity contribution in [2.45, 2.75) is 18.2 Å². The fourth-order valence-electron chi connectivity index (χ4n) is 2.21. The SMILES string of the molecule is Cn1ccnc1C(O)(CC(=O)N1CCSCC1)C(F)(F)F. The van der Waals surface area contributed by atoms with E-state index in [4.69, 9.17) is 0 Å². The van der Waals surface area contributed by atoms with Crippen molar-refractivity contribution < 1.29 is 23.1 Å². The van der Waals surface area contributed by atoms with E-state index in [9.17, 15) is 23.1 Å². The van der Waals surface area contributed by atoms with Crippen LogP contribution in [-0.2, 0) is 17.4 Å². The summed E-state index contributed by atoms with van der Waals surface area (Å²) in [5.41, 5.74) is -3.27. The van der Waals surface area contributed by atoms with Crippen molar-refractivity contribution in [3.63, 3.8) is 0 Å². The smallest absolute Gasteiger partial charge is 0.374 e. The third-order valence-corrected chi connectivity index (χ3v) is 4.37. The fourth-order valence-corrected chi connectivity index (χ4v) is 3.12. The third kappa shape index (κ3) is 3.18. The van der Waals surface area contributed by atoms with Crippen molar-refractivity contribution in [1.82, 2.24) is 14.5 Å². The monoisotopic (exact) mass is 323 g/mol. The first-order chi connectivity index (χ1) is 9.75. The molecular formula is C12H16F3N3O2S. The fraction of sp³-hybridized carbons (Fsp3) is 0.667. The van der Waals surface area contributed by atoms with Crippen LogP contribution in [0, 0.1) is 0 Å². The molecule has 1 atom stereocenters. The van der Waals surface area contributed by atoms with Crippen molar-refractivity contribution in [2.24, 2.45) is 7.05 Å². The molecule has 1 aliphatic heterocycles. The highest BCUT2D eigenvalue weighted by Crippen LogP contribution is 2.41. The third-order valence-electron chi connectivity index (χ3n) is 3.43. The van der Waals surface area contributed by atoms with Crippen molar-refractivity contribution in [1.29, 1.82) is 0 Å². The number of thioether (sulfide) groups is 1. The zero-order valence-corrected chi connectivity index (χ0v) is 12.2. The van der Waals surface area contributed by atoms with E-state index < -0.39 is 29.9 Å². The number of hydrogen-bond acceptors (Lipinski definition) is 4. The highest BCUT2D eigenvalue weighted by atomic mass is 32.2. The summed E-state index contributed by atoms with van der Waals surface area (Å²) >= 11 is 1.64. The van der Waals surface area contributed by atoms with Crippen LogP contribution in [0.3, 0.4) is 0 Å². The van der Waals surface area contributed by atoms with Gasteiger partial charge in [0.25, 0.3) is 0 Å². The molecule has 0 radical (unpaired) electrons. The van der Waals surface area contributed by atoms with E-state index in [0.29, 0.717) is 24.6 Å². The molecule has 0 aliphatic carbocycles. The van der Waals surface area contributed by atoms with Crippen molar-refractivity contribution in [3.05, 3.63) is 18.2 Å². The molecule has 2 rings (SSSR count). The summed E-state index contributed by atoms with van der Waals surface area (Å²) in [7, 11) is 1.35. The number of carbonyl (C=O) groups is 1. The van der Waals surface area contributed by atoms with Crippen LogP contribution < -0.4 is 0 Å². The zero-order chi connectivity index (χ0) is 15.7. The van der Waals surface area contributed by atoms with Crippen LogP contribution in [-0.4, -0.2) is 56.2 Å². The molecule has 0 bridgehead atoms. The Bertz CT molecular complexity index is 514. The lowest BCUT2D eigenvalue weighted by Crippen LogP contribution is -2.49. The lowest BCUT2D eigenvalue weighted by molar-refractivity contribution is -0.271. The van der Waals surface area contributed by atoms with Gasteiger partial charge in [0.15, 0.2) is 5.82 Å². The number of amides is 1. The highest BCUT2D eigenvalue weighted by Gasteiger charge is 2.59. The van der Waals surface area contributed by atoms with Gasteiger partial charge < -0.3 is 14.6 Å². The van der Waals surface area contributed by atoms with Gasteiger partial charge in [-0.15, -0.1) is 0 Å². The summed E-state index contributed by atoms with van der Waals surface area (Å²) in [4.78, 5) is 17.0. The number of hydrogen-bond donors (Lipinski definition) is 1. The number of alkyl halides is 3. The first kappa shape index (κ1) is 16.2. The average molecular weight is 323 g/mol. The number of imidazole rings is 1. The second-order valence-corrected chi connectivity index (χ2v) is 6.11. The molecule has 1 unspecified atom stereocenters.